The molecule has 7 heteroatoms. The number of benzene rings is 1. The van der Waals surface area contributed by atoms with Gasteiger partial charge in [0, 0.05) is 14.5 Å². The molecule has 2 radical (unpaired) electrons. The van der Waals surface area contributed by atoms with Crippen molar-refractivity contribution < 1.29 is 20.8 Å². The number of aryl methyl sites for hydroxylation is 1. The number of fused-ring (bicyclic) bond motifs is 1. The summed E-state index contributed by atoms with van der Waals surface area (Å²) >= 11 is 8.55. The molecule has 2 aromatic carbocycles. The van der Waals surface area contributed by atoms with Gasteiger partial charge in [0.1, 0.15) is 0 Å². The second kappa shape index (κ2) is 14.4. The van der Waals surface area contributed by atoms with E-state index < -0.39 is 20.8 Å². The predicted octanol–water partition coefficient (Wildman–Crippen LogP) is 8.28. The van der Waals surface area contributed by atoms with Crippen LogP contribution in [0.3, 0.4) is 0 Å². The zero-order valence-electron chi connectivity index (χ0n) is 14.3. The molecular weight excluding hydrogens is 512 g/mol. The summed E-state index contributed by atoms with van der Waals surface area (Å²) in [4.78, 5) is 0. The van der Waals surface area contributed by atoms with Crippen molar-refractivity contribution >= 4 is 64.8 Å². The summed E-state index contributed by atoms with van der Waals surface area (Å²) < 4.78 is 1.07. The van der Waals surface area contributed by atoms with Gasteiger partial charge in [-0.2, -0.15) is 6.07 Å². The van der Waals surface area contributed by atoms with E-state index in [1.807, 2.05) is 32.9 Å². The van der Waals surface area contributed by atoms with Crippen LogP contribution in [0.15, 0.2) is 28.7 Å². The zero-order chi connectivity index (χ0) is 18.6. The summed E-state index contributed by atoms with van der Waals surface area (Å²) in [6.45, 7) is 12.0. The van der Waals surface area contributed by atoms with Crippen LogP contribution in [-0.4, -0.2) is 15.1 Å². The molecule has 0 atom stereocenters. The molecule has 0 unspecified atom stereocenters. The van der Waals surface area contributed by atoms with Crippen molar-refractivity contribution in [3.05, 3.63) is 45.1 Å². The molecule has 0 aliphatic carbocycles. The van der Waals surface area contributed by atoms with Crippen LogP contribution in [-0.2, 0) is 20.8 Å². The average molecular weight is 535 g/mol. The third-order valence-electron chi connectivity index (χ3n) is 1.88. The van der Waals surface area contributed by atoms with Crippen molar-refractivity contribution in [2.75, 3.05) is 0 Å². The first-order valence-corrected chi connectivity index (χ1v) is 16.3. The topological polar surface area (TPSA) is 23.8 Å². The fourth-order valence-electron chi connectivity index (χ4n) is 1.39. The number of halogens is 4. The molecule has 0 amide bonds. The van der Waals surface area contributed by atoms with E-state index in [-0.39, 0.29) is 5.54 Å². The van der Waals surface area contributed by atoms with Gasteiger partial charge >= 0.3 is 37.9 Å². The quantitative estimate of drug-likeness (QED) is 0.240. The molecule has 1 nitrogen and oxygen atoms in total. The van der Waals surface area contributed by atoms with Gasteiger partial charge in [-0.3, -0.25) is 0 Å². The fraction of sp³-hybridized carbons (Fsp3) is 0.438. The Kier molecular flexibility index (Phi) is 16.6. The number of rotatable bonds is 0. The Bertz CT molecular complexity index is 548. The van der Waals surface area contributed by atoms with Gasteiger partial charge in [-0.15, -0.1) is 34.0 Å². The Hall–Kier alpha value is 1.24. The van der Waals surface area contributed by atoms with E-state index in [0.717, 1.165) is 19.0 Å². The van der Waals surface area contributed by atoms with Crippen LogP contribution >= 0.6 is 44.6 Å². The second-order valence-corrected chi connectivity index (χ2v) is 11.8. The Morgan fingerprint density at radius 1 is 1.17 bits per heavy atom. The summed E-state index contributed by atoms with van der Waals surface area (Å²) in [6.07, 6.45) is 0. The van der Waals surface area contributed by atoms with Crippen LogP contribution in [0.5, 0.6) is 0 Å². The Labute approximate surface area is 175 Å². The summed E-state index contributed by atoms with van der Waals surface area (Å²) in [5.41, 5.74) is 7.96. The Balaban J connectivity index is 0. The van der Waals surface area contributed by atoms with E-state index in [4.69, 9.17) is 34.4 Å². The summed E-state index contributed by atoms with van der Waals surface area (Å²) in [7, 11) is 11.0. The Morgan fingerprint density at radius 2 is 1.57 bits per heavy atom. The number of nitrogens with one attached hydrogen (secondary N) is 1. The molecule has 1 N–H and O–H groups in total. The maximum absolute atomic E-state index is 6.94. The molecule has 0 bridgehead atoms. The number of hydrogen-bond acceptors (Lipinski definition) is 0. The van der Waals surface area contributed by atoms with Gasteiger partial charge in [0.25, 0.3) is 0 Å². The van der Waals surface area contributed by atoms with Gasteiger partial charge in [0.15, 0.2) is 0 Å². The van der Waals surface area contributed by atoms with Crippen LogP contribution in [0.4, 0.5) is 0 Å². The van der Waals surface area contributed by atoms with Crippen molar-refractivity contribution in [3.63, 3.8) is 0 Å². The molecule has 0 spiro atoms. The number of hydrogen-bond donors (Lipinski definition) is 0. The van der Waals surface area contributed by atoms with Gasteiger partial charge in [-0.05, 0) is 10.5 Å². The molecule has 0 aliphatic rings. The van der Waals surface area contributed by atoms with E-state index in [0.29, 0.717) is 0 Å². The third kappa shape index (κ3) is 16.5. The molecule has 0 heterocycles. The van der Waals surface area contributed by atoms with Crippen molar-refractivity contribution in [1.29, 1.82) is 0 Å². The summed E-state index contributed by atoms with van der Waals surface area (Å²) in [6, 6.07) is 8.18. The van der Waals surface area contributed by atoms with Crippen LogP contribution < -0.4 is 0 Å². The van der Waals surface area contributed by atoms with Crippen molar-refractivity contribution in [3.8, 4) is 0 Å². The zero-order valence-corrected chi connectivity index (χ0v) is 21.6. The molecule has 23 heavy (non-hydrogen) atoms. The first kappa shape index (κ1) is 26.5. The molecule has 2 rings (SSSR count). The molecule has 0 saturated heterocycles. The van der Waals surface area contributed by atoms with Gasteiger partial charge in [0.05, 0.1) is 0 Å². The van der Waals surface area contributed by atoms with Crippen molar-refractivity contribution in [1.82, 2.24) is 0 Å². The van der Waals surface area contributed by atoms with Gasteiger partial charge < -0.3 is 5.73 Å². The normalized spacial score (nSPS) is 9.52. The molecule has 2 aromatic rings. The predicted molar refractivity (Wildman–Crippen MR) is 110 cm³/mol. The maximum atomic E-state index is 6.94. The third-order valence-corrected chi connectivity index (χ3v) is 2.76. The van der Waals surface area contributed by atoms with Crippen LogP contribution in [0.1, 0.15) is 26.3 Å². The van der Waals surface area contributed by atoms with Crippen molar-refractivity contribution in [2.24, 2.45) is 0 Å². The van der Waals surface area contributed by atoms with E-state index in [1.54, 1.807) is 0 Å². The molecule has 0 saturated carbocycles. The summed E-state index contributed by atoms with van der Waals surface area (Å²) in [5, 5.41) is 3.21. The fourth-order valence-corrected chi connectivity index (χ4v) is 2.34. The minimum atomic E-state index is -0.826. The van der Waals surface area contributed by atoms with Crippen LogP contribution in [0, 0.1) is 6.92 Å². The van der Waals surface area contributed by atoms with Crippen LogP contribution in [0.2, 0.25) is 18.1 Å². The molecule has 0 aliphatic heterocycles. The molecular formula is C16H23BrCl3NSiZr. The Morgan fingerprint density at radius 3 is 1.96 bits per heavy atom. The van der Waals surface area contributed by atoms with E-state index in [9.17, 15) is 0 Å². The first-order valence-electron chi connectivity index (χ1n) is 6.82. The van der Waals surface area contributed by atoms with E-state index >= 15 is 0 Å². The van der Waals surface area contributed by atoms with Gasteiger partial charge in [-0.1, -0.05) is 68.3 Å². The van der Waals surface area contributed by atoms with Gasteiger partial charge in [-0.25, -0.2) is 0 Å². The average Bonchev–Trinajstić information content (AvgIpc) is 2.69. The molecule has 128 valence electrons. The molecule has 0 fully saturated rings. The SMILES string of the molecule is CC(C)(C)[NH-].C[Si]C.Cc1cc2c(Br)cc(Cl)cc2[cH-]1.[Cl][Zr+2][Cl]. The molecule has 0 aromatic heterocycles. The standard InChI is InChI=1S/C10H7BrCl.C4H10N.C2H6Si.2ClH.Zr/c1-6-2-7-4-8(12)5-10(11)9(7)3-6;1-4(2,3)5;1-3-2;;;/h2-5H,1H3;5H,1-3H3;1-2H3;2*1H;/q2*-1;;;;+4/p-2. The van der Waals surface area contributed by atoms with E-state index in [1.165, 1.54) is 16.3 Å². The van der Waals surface area contributed by atoms with Crippen molar-refractivity contribution in [2.45, 2.75) is 46.3 Å². The van der Waals surface area contributed by atoms with E-state index in [2.05, 4.69) is 48.1 Å². The monoisotopic (exact) mass is 531 g/mol. The first-order chi connectivity index (χ1) is 10.5. The minimum absolute atomic E-state index is 0.250. The van der Waals surface area contributed by atoms with Gasteiger partial charge in [0.2, 0.25) is 0 Å². The summed E-state index contributed by atoms with van der Waals surface area (Å²) in [5.74, 6) is 0. The second-order valence-electron chi connectivity index (χ2n) is 5.74. The van der Waals surface area contributed by atoms with Crippen LogP contribution in [0.25, 0.3) is 16.5 Å².